The van der Waals surface area contributed by atoms with Crippen LogP contribution < -0.4 is 15.0 Å². The van der Waals surface area contributed by atoms with E-state index in [2.05, 4.69) is 20.2 Å². The average Bonchev–Trinajstić information content (AvgIpc) is 3.55. The van der Waals surface area contributed by atoms with Crippen molar-refractivity contribution in [2.45, 2.75) is 26.3 Å². The van der Waals surface area contributed by atoms with Crippen molar-refractivity contribution < 1.29 is 14.3 Å². The second kappa shape index (κ2) is 8.70. The van der Waals surface area contributed by atoms with Gasteiger partial charge in [0.05, 0.1) is 37.7 Å². The Morgan fingerprint density at radius 1 is 1.12 bits per heavy atom. The molecule has 0 atom stereocenters. The minimum Gasteiger partial charge on any atom is -0.478 e. The third-order valence-electron chi connectivity index (χ3n) is 5.88. The van der Waals surface area contributed by atoms with E-state index < -0.39 is 0 Å². The van der Waals surface area contributed by atoms with Crippen LogP contribution in [0.5, 0.6) is 5.88 Å². The SMILES string of the molecule is COCCn1cc2c(N3CCCC3)ccc(C(=O)Nc3cn4cc(C)nc4c(OC)n3)c2n1. The Hall–Kier alpha value is -3.66. The van der Waals surface area contributed by atoms with Crippen LogP contribution in [0.3, 0.4) is 0 Å². The second-order valence-electron chi connectivity index (χ2n) is 8.18. The Kier molecular flexibility index (Phi) is 5.59. The number of nitrogens with one attached hydrogen (secondary N) is 1. The van der Waals surface area contributed by atoms with E-state index in [-0.39, 0.29) is 5.91 Å². The molecule has 172 valence electrons. The van der Waals surface area contributed by atoms with Crippen LogP contribution in [0, 0.1) is 6.92 Å². The predicted molar refractivity (Wildman–Crippen MR) is 125 cm³/mol. The number of hydrogen-bond acceptors (Lipinski definition) is 7. The summed E-state index contributed by atoms with van der Waals surface area (Å²) in [6.07, 6.45) is 7.93. The largest absolute Gasteiger partial charge is 0.478 e. The maximum Gasteiger partial charge on any atom is 0.260 e. The number of benzene rings is 1. The van der Waals surface area contributed by atoms with Gasteiger partial charge in [0, 0.05) is 43.7 Å². The summed E-state index contributed by atoms with van der Waals surface area (Å²) in [5.74, 6) is 0.437. The third kappa shape index (κ3) is 3.97. The Labute approximate surface area is 191 Å². The maximum atomic E-state index is 13.3. The minimum atomic E-state index is -0.282. The Bertz CT molecular complexity index is 1320. The molecular formula is C23H27N7O3. The molecule has 0 unspecified atom stereocenters. The summed E-state index contributed by atoms with van der Waals surface area (Å²) in [5, 5.41) is 8.59. The van der Waals surface area contributed by atoms with E-state index in [1.165, 1.54) is 20.0 Å². The molecule has 0 saturated carbocycles. The van der Waals surface area contributed by atoms with Crippen LogP contribution in [0.2, 0.25) is 0 Å². The van der Waals surface area contributed by atoms with E-state index in [4.69, 9.17) is 14.6 Å². The van der Waals surface area contributed by atoms with E-state index in [1.807, 2.05) is 36.1 Å². The standard InChI is InChI=1S/C23H27N7O3/c1-15-12-29-14-19(26-23(33-3)21(29)24-15)25-22(31)16-6-7-18(28-8-4-5-9-28)17-13-30(10-11-32-2)27-20(16)17/h6-7,12-14H,4-5,8-11H2,1-3H3,(H,25,31). The van der Waals surface area contributed by atoms with Crippen molar-refractivity contribution in [3.8, 4) is 5.88 Å². The van der Waals surface area contributed by atoms with E-state index >= 15 is 0 Å². The van der Waals surface area contributed by atoms with E-state index in [9.17, 15) is 4.79 Å². The van der Waals surface area contributed by atoms with Crippen LogP contribution in [-0.4, -0.2) is 64.0 Å². The van der Waals surface area contributed by atoms with E-state index in [1.54, 1.807) is 17.7 Å². The minimum absolute atomic E-state index is 0.282. The number of fused-ring (bicyclic) bond motifs is 2. The Morgan fingerprint density at radius 2 is 1.94 bits per heavy atom. The van der Waals surface area contributed by atoms with Crippen molar-refractivity contribution in [2.75, 3.05) is 44.1 Å². The number of aryl methyl sites for hydroxylation is 1. The summed E-state index contributed by atoms with van der Waals surface area (Å²) in [7, 11) is 3.20. The molecule has 10 heteroatoms. The molecule has 1 fully saturated rings. The van der Waals surface area contributed by atoms with Crippen molar-refractivity contribution in [1.82, 2.24) is 24.1 Å². The Balaban J connectivity index is 1.52. The molecule has 5 rings (SSSR count). The summed E-state index contributed by atoms with van der Waals surface area (Å²) < 4.78 is 14.2. The van der Waals surface area contributed by atoms with Crippen molar-refractivity contribution >= 4 is 34.0 Å². The predicted octanol–water partition coefficient (Wildman–Crippen LogP) is 2.89. The average molecular weight is 450 g/mol. The molecular weight excluding hydrogens is 422 g/mol. The first kappa shape index (κ1) is 21.2. The van der Waals surface area contributed by atoms with Crippen LogP contribution in [-0.2, 0) is 11.3 Å². The van der Waals surface area contributed by atoms with Gasteiger partial charge in [-0.3, -0.25) is 13.9 Å². The molecule has 1 aromatic carbocycles. The highest BCUT2D eigenvalue weighted by molar-refractivity contribution is 6.13. The molecule has 1 N–H and O–H groups in total. The van der Waals surface area contributed by atoms with Crippen molar-refractivity contribution in [3.63, 3.8) is 0 Å². The van der Waals surface area contributed by atoms with Gasteiger partial charge in [0.15, 0.2) is 5.82 Å². The summed E-state index contributed by atoms with van der Waals surface area (Å²) >= 11 is 0. The molecule has 0 radical (unpaired) electrons. The molecule has 4 heterocycles. The molecule has 4 aromatic rings. The number of anilines is 2. The van der Waals surface area contributed by atoms with Crippen LogP contribution in [0.25, 0.3) is 16.6 Å². The summed E-state index contributed by atoms with van der Waals surface area (Å²) in [4.78, 5) is 24.5. The van der Waals surface area contributed by atoms with Crippen LogP contribution >= 0.6 is 0 Å². The lowest BCUT2D eigenvalue weighted by molar-refractivity contribution is 0.102. The Morgan fingerprint density at radius 3 is 2.70 bits per heavy atom. The molecule has 33 heavy (non-hydrogen) atoms. The summed E-state index contributed by atoms with van der Waals surface area (Å²) in [6.45, 7) is 5.07. The van der Waals surface area contributed by atoms with Crippen LogP contribution in [0.1, 0.15) is 28.9 Å². The van der Waals surface area contributed by atoms with Crippen molar-refractivity contribution in [1.29, 1.82) is 0 Å². The number of aromatic nitrogens is 5. The van der Waals surface area contributed by atoms with Crippen LogP contribution in [0.15, 0.2) is 30.7 Å². The fraction of sp³-hybridized carbons (Fsp3) is 0.391. The summed E-state index contributed by atoms with van der Waals surface area (Å²) in [6, 6.07) is 3.86. The van der Waals surface area contributed by atoms with E-state index in [0.717, 1.165) is 29.9 Å². The first-order valence-corrected chi connectivity index (χ1v) is 11.0. The topological polar surface area (TPSA) is 98.8 Å². The number of imidazole rings is 1. The molecule has 1 aliphatic heterocycles. The smallest absolute Gasteiger partial charge is 0.260 e. The number of carbonyl (C=O) groups is 1. The highest BCUT2D eigenvalue weighted by atomic mass is 16.5. The maximum absolute atomic E-state index is 13.3. The zero-order valence-corrected chi connectivity index (χ0v) is 19.0. The fourth-order valence-electron chi connectivity index (χ4n) is 4.33. The van der Waals surface area contributed by atoms with E-state index in [0.29, 0.717) is 41.6 Å². The normalized spacial score (nSPS) is 13.8. The van der Waals surface area contributed by atoms with Gasteiger partial charge in [-0.25, -0.2) is 4.98 Å². The first-order valence-electron chi connectivity index (χ1n) is 11.0. The highest BCUT2D eigenvalue weighted by Gasteiger charge is 2.22. The molecule has 0 aliphatic carbocycles. The molecule has 10 nitrogen and oxygen atoms in total. The molecule has 3 aromatic heterocycles. The molecule has 0 spiro atoms. The summed E-state index contributed by atoms with van der Waals surface area (Å²) in [5.41, 5.74) is 3.70. The lowest BCUT2D eigenvalue weighted by Crippen LogP contribution is -2.19. The van der Waals surface area contributed by atoms with Gasteiger partial charge in [-0.15, -0.1) is 0 Å². The first-order chi connectivity index (χ1) is 16.1. The van der Waals surface area contributed by atoms with Crippen LogP contribution in [0.4, 0.5) is 11.5 Å². The zero-order valence-electron chi connectivity index (χ0n) is 19.0. The zero-order chi connectivity index (χ0) is 22.9. The van der Waals surface area contributed by atoms with Crippen molar-refractivity contribution in [2.24, 2.45) is 0 Å². The van der Waals surface area contributed by atoms with Gasteiger partial charge in [0.2, 0.25) is 5.65 Å². The number of carbonyl (C=O) groups excluding carboxylic acids is 1. The van der Waals surface area contributed by atoms with Gasteiger partial charge in [-0.2, -0.15) is 10.1 Å². The molecule has 0 bridgehead atoms. The lowest BCUT2D eigenvalue weighted by Gasteiger charge is -2.19. The molecule has 1 saturated heterocycles. The number of rotatable bonds is 7. The molecule has 1 amide bonds. The third-order valence-corrected chi connectivity index (χ3v) is 5.88. The number of ether oxygens (including phenoxy) is 2. The fourth-order valence-corrected chi connectivity index (χ4v) is 4.33. The monoisotopic (exact) mass is 449 g/mol. The van der Waals surface area contributed by atoms with Gasteiger partial charge >= 0.3 is 0 Å². The van der Waals surface area contributed by atoms with Gasteiger partial charge in [-0.05, 0) is 31.9 Å². The highest BCUT2D eigenvalue weighted by Crippen LogP contribution is 2.31. The number of methoxy groups -OCH3 is 2. The van der Waals surface area contributed by atoms with Gasteiger partial charge in [-0.1, -0.05) is 0 Å². The molecule has 1 aliphatic rings. The second-order valence-corrected chi connectivity index (χ2v) is 8.18. The number of nitrogens with zero attached hydrogens (tertiary/aromatic N) is 6. The van der Waals surface area contributed by atoms with Crippen molar-refractivity contribution in [3.05, 3.63) is 42.0 Å². The number of hydrogen-bond donors (Lipinski definition) is 1. The quantitative estimate of drug-likeness (QED) is 0.463. The van der Waals surface area contributed by atoms with Gasteiger partial charge in [0.25, 0.3) is 11.8 Å². The van der Waals surface area contributed by atoms with Gasteiger partial charge < -0.3 is 19.7 Å². The number of amides is 1. The van der Waals surface area contributed by atoms with Gasteiger partial charge in [0.1, 0.15) is 5.52 Å². The lowest BCUT2D eigenvalue weighted by atomic mass is 10.1.